The minimum atomic E-state index is -0.974. The molecule has 2 rings (SSSR count). The number of carboxylic acids is 1. The predicted octanol–water partition coefficient (Wildman–Crippen LogP) is 1.49. The van der Waals surface area contributed by atoms with E-state index in [1.54, 1.807) is 12.1 Å². The minimum Gasteiger partial charge on any atom is -0.478 e. The molecule has 1 fully saturated rings. The highest BCUT2D eigenvalue weighted by molar-refractivity contribution is 5.87. The molecule has 4 N–H and O–H groups in total. The van der Waals surface area contributed by atoms with E-state index in [1.807, 2.05) is 0 Å². The molecule has 114 valence electrons. The Kier molecular flexibility index (Phi) is 5.16. The van der Waals surface area contributed by atoms with Crippen LogP contribution in [0.3, 0.4) is 0 Å². The van der Waals surface area contributed by atoms with E-state index in [0.717, 1.165) is 31.2 Å². The molecular formula is C15H20N2O4. The Morgan fingerprint density at radius 1 is 1.14 bits per heavy atom. The third kappa shape index (κ3) is 4.46. The normalized spacial score (nSPS) is 21.6. The van der Waals surface area contributed by atoms with Gasteiger partial charge in [-0.1, -0.05) is 25.0 Å². The third-order valence-corrected chi connectivity index (χ3v) is 3.70. The zero-order valence-corrected chi connectivity index (χ0v) is 11.7. The van der Waals surface area contributed by atoms with Crippen molar-refractivity contribution in [3.8, 4) is 0 Å². The van der Waals surface area contributed by atoms with E-state index in [4.69, 9.17) is 5.11 Å². The van der Waals surface area contributed by atoms with Crippen LogP contribution in [0.15, 0.2) is 24.3 Å². The van der Waals surface area contributed by atoms with Crippen LogP contribution >= 0.6 is 0 Å². The lowest BCUT2D eigenvalue weighted by Gasteiger charge is -2.28. The lowest BCUT2D eigenvalue weighted by Crippen LogP contribution is -2.48. The number of benzene rings is 1. The molecule has 0 aromatic heterocycles. The number of aliphatic hydroxyl groups excluding tert-OH is 1. The fraction of sp³-hybridized carbons (Fsp3) is 0.467. The second kappa shape index (κ2) is 7.08. The van der Waals surface area contributed by atoms with Gasteiger partial charge in [0, 0.05) is 6.54 Å². The number of hydrogen-bond donors (Lipinski definition) is 4. The lowest BCUT2D eigenvalue weighted by molar-refractivity contribution is 0.0697. The molecule has 1 aliphatic carbocycles. The van der Waals surface area contributed by atoms with Crippen molar-refractivity contribution in [1.82, 2.24) is 10.6 Å². The molecular weight excluding hydrogens is 272 g/mol. The van der Waals surface area contributed by atoms with Crippen molar-refractivity contribution in [2.24, 2.45) is 0 Å². The maximum absolute atomic E-state index is 11.8. The number of rotatable bonds is 4. The highest BCUT2D eigenvalue weighted by Gasteiger charge is 2.24. The van der Waals surface area contributed by atoms with Crippen molar-refractivity contribution in [2.75, 3.05) is 0 Å². The molecule has 2 amide bonds. The molecule has 1 aliphatic rings. The second-order valence-corrected chi connectivity index (χ2v) is 5.29. The average Bonchev–Trinajstić information content (AvgIpc) is 2.48. The molecule has 2 unspecified atom stereocenters. The van der Waals surface area contributed by atoms with Crippen LogP contribution in [-0.2, 0) is 6.54 Å². The molecule has 0 radical (unpaired) electrons. The predicted molar refractivity (Wildman–Crippen MR) is 77.0 cm³/mol. The van der Waals surface area contributed by atoms with Gasteiger partial charge in [0.05, 0.1) is 17.7 Å². The van der Waals surface area contributed by atoms with Crippen molar-refractivity contribution in [3.63, 3.8) is 0 Å². The van der Waals surface area contributed by atoms with Gasteiger partial charge >= 0.3 is 12.0 Å². The first-order valence-electron chi connectivity index (χ1n) is 7.11. The summed E-state index contributed by atoms with van der Waals surface area (Å²) < 4.78 is 0. The van der Waals surface area contributed by atoms with E-state index >= 15 is 0 Å². The summed E-state index contributed by atoms with van der Waals surface area (Å²) >= 11 is 0. The van der Waals surface area contributed by atoms with Gasteiger partial charge in [-0.3, -0.25) is 0 Å². The Bertz CT molecular complexity index is 501. The maximum Gasteiger partial charge on any atom is 0.335 e. The SMILES string of the molecule is O=C(NCc1ccc(C(=O)O)cc1)NC1CCCCC1O. The van der Waals surface area contributed by atoms with Crippen LogP contribution in [0.2, 0.25) is 0 Å². The van der Waals surface area contributed by atoms with Crippen LogP contribution in [0.5, 0.6) is 0 Å². The van der Waals surface area contributed by atoms with Crippen molar-refractivity contribution >= 4 is 12.0 Å². The van der Waals surface area contributed by atoms with E-state index in [9.17, 15) is 14.7 Å². The van der Waals surface area contributed by atoms with Crippen molar-refractivity contribution in [2.45, 2.75) is 44.4 Å². The third-order valence-electron chi connectivity index (χ3n) is 3.70. The van der Waals surface area contributed by atoms with E-state index in [0.29, 0.717) is 6.54 Å². The van der Waals surface area contributed by atoms with Crippen LogP contribution in [0.25, 0.3) is 0 Å². The molecule has 2 atom stereocenters. The first-order chi connectivity index (χ1) is 10.1. The quantitative estimate of drug-likeness (QED) is 0.675. The average molecular weight is 292 g/mol. The molecule has 0 aliphatic heterocycles. The molecule has 6 nitrogen and oxygen atoms in total. The van der Waals surface area contributed by atoms with Crippen LogP contribution in [0.4, 0.5) is 4.79 Å². The van der Waals surface area contributed by atoms with Crippen LogP contribution in [-0.4, -0.2) is 34.4 Å². The Morgan fingerprint density at radius 3 is 2.43 bits per heavy atom. The van der Waals surface area contributed by atoms with E-state index in [2.05, 4.69) is 10.6 Å². The van der Waals surface area contributed by atoms with Gasteiger partial charge in [0.1, 0.15) is 0 Å². The van der Waals surface area contributed by atoms with E-state index < -0.39 is 12.1 Å². The molecule has 0 heterocycles. The first kappa shape index (κ1) is 15.3. The Hall–Kier alpha value is -2.08. The van der Waals surface area contributed by atoms with Crippen molar-refractivity contribution in [3.05, 3.63) is 35.4 Å². The van der Waals surface area contributed by atoms with Gasteiger partial charge in [0.15, 0.2) is 0 Å². The van der Waals surface area contributed by atoms with Crippen LogP contribution < -0.4 is 10.6 Å². The monoisotopic (exact) mass is 292 g/mol. The van der Waals surface area contributed by atoms with Gasteiger partial charge in [-0.15, -0.1) is 0 Å². The number of carbonyl (C=O) groups is 2. The number of aromatic carboxylic acids is 1. The maximum atomic E-state index is 11.8. The fourth-order valence-corrected chi connectivity index (χ4v) is 2.45. The summed E-state index contributed by atoms with van der Waals surface area (Å²) in [7, 11) is 0. The first-order valence-corrected chi connectivity index (χ1v) is 7.11. The van der Waals surface area contributed by atoms with Gasteiger partial charge in [0.25, 0.3) is 0 Å². The Balaban J connectivity index is 1.79. The summed E-state index contributed by atoms with van der Waals surface area (Å²) in [6.07, 6.45) is 3.05. The van der Waals surface area contributed by atoms with Gasteiger partial charge in [-0.2, -0.15) is 0 Å². The fourth-order valence-electron chi connectivity index (χ4n) is 2.45. The standard InChI is InChI=1S/C15H20N2O4/c18-13-4-2-1-3-12(13)17-15(21)16-9-10-5-7-11(8-6-10)14(19)20/h5-8,12-13,18H,1-4,9H2,(H,19,20)(H2,16,17,21). The largest absolute Gasteiger partial charge is 0.478 e. The second-order valence-electron chi connectivity index (χ2n) is 5.29. The number of amides is 2. The highest BCUT2D eigenvalue weighted by atomic mass is 16.4. The summed E-state index contributed by atoms with van der Waals surface area (Å²) in [6.45, 7) is 0.314. The lowest BCUT2D eigenvalue weighted by atomic mass is 9.93. The molecule has 1 saturated carbocycles. The zero-order chi connectivity index (χ0) is 15.2. The van der Waals surface area contributed by atoms with E-state index in [-0.39, 0.29) is 17.6 Å². The summed E-state index contributed by atoms with van der Waals surface area (Å²) in [4.78, 5) is 22.5. The van der Waals surface area contributed by atoms with Crippen LogP contribution in [0, 0.1) is 0 Å². The number of hydrogen-bond acceptors (Lipinski definition) is 3. The summed E-state index contributed by atoms with van der Waals surface area (Å²) in [5, 5.41) is 24.1. The summed E-state index contributed by atoms with van der Waals surface area (Å²) in [6, 6.07) is 5.83. The molecule has 1 aromatic carbocycles. The van der Waals surface area contributed by atoms with Gasteiger partial charge in [-0.05, 0) is 30.5 Å². The molecule has 1 aromatic rings. The highest BCUT2D eigenvalue weighted by Crippen LogP contribution is 2.18. The summed E-state index contributed by atoms with van der Waals surface area (Å²) in [5.74, 6) is -0.974. The minimum absolute atomic E-state index is 0.187. The van der Waals surface area contributed by atoms with E-state index in [1.165, 1.54) is 12.1 Å². The number of urea groups is 1. The summed E-state index contributed by atoms with van der Waals surface area (Å²) in [5.41, 5.74) is 1.04. The van der Waals surface area contributed by atoms with Gasteiger partial charge in [-0.25, -0.2) is 9.59 Å². The zero-order valence-electron chi connectivity index (χ0n) is 11.7. The topological polar surface area (TPSA) is 98.7 Å². The van der Waals surface area contributed by atoms with Gasteiger partial charge in [0.2, 0.25) is 0 Å². The molecule has 0 bridgehead atoms. The Morgan fingerprint density at radius 2 is 1.81 bits per heavy atom. The number of carbonyl (C=O) groups excluding carboxylic acids is 1. The molecule has 21 heavy (non-hydrogen) atoms. The Labute approximate surface area is 123 Å². The van der Waals surface area contributed by atoms with Crippen molar-refractivity contribution < 1.29 is 19.8 Å². The molecule has 0 saturated heterocycles. The van der Waals surface area contributed by atoms with Crippen LogP contribution in [0.1, 0.15) is 41.6 Å². The number of carboxylic acid groups (broad SMARTS) is 1. The molecule has 6 heteroatoms. The number of nitrogens with one attached hydrogen (secondary N) is 2. The smallest absolute Gasteiger partial charge is 0.335 e. The molecule has 0 spiro atoms. The number of aliphatic hydroxyl groups is 1. The van der Waals surface area contributed by atoms with Crippen molar-refractivity contribution in [1.29, 1.82) is 0 Å². The van der Waals surface area contributed by atoms with Gasteiger partial charge < -0.3 is 20.8 Å².